The highest BCUT2D eigenvalue weighted by Crippen LogP contribution is 2.03. The number of hydrogen-bond acceptors (Lipinski definition) is 6. The fraction of sp³-hybridized carbons (Fsp3) is 0.700. The molecule has 1 fully saturated rings. The highest BCUT2D eigenvalue weighted by atomic mass is 32.1. The lowest BCUT2D eigenvalue weighted by molar-refractivity contribution is 0.0383. The molecule has 0 spiro atoms. The second-order valence-corrected chi connectivity index (χ2v) is 4.61. The minimum Gasteiger partial charge on any atom is -0.379 e. The molecule has 17 heavy (non-hydrogen) atoms. The predicted molar refractivity (Wildman–Crippen MR) is 64.2 cm³/mol. The summed E-state index contributed by atoms with van der Waals surface area (Å²) in [5.41, 5.74) is 0. The van der Waals surface area contributed by atoms with Gasteiger partial charge in [-0.3, -0.25) is 9.69 Å². The zero-order chi connectivity index (χ0) is 12.1. The first-order valence-electron chi connectivity index (χ1n) is 5.64. The van der Waals surface area contributed by atoms with Gasteiger partial charge in [0.05, 0.1) is 13.2 Å². The Morgan fingerprint density at radius 1 is 1.53 bits per heavy atom. The second kappa shape index (κ2) is 6.04. The Balaban J connectivity index is 1.69. The molecule has 0 aliphatic carbocycles. The molecule has 0 unspecified atom stereocenters. The van der Waals surface area contributed by atoms with Crippen molar-refractivity contribution in [1.29, 1.82) is 0 Å². The van der Waals surface area contributed by atoms with Crippen LogP contribution in [-0.4, -0.2) is 59.6 Å². The topological polar surface area (TPSA) is 67.4 Å². The first kappa shape index (κ1) is 12.4. The lowest BCUT2D eigenvalue weighted by Gasteiger charge is -2.26. The average molecular weight is 256 g/mol. The lowest BCUT2D eigenvalue weighted by atomic mass is 10.4. The number of nitrogens with zero attached hydrogens (tertiary/aromatic N) is 3. The normalized spacial score (nSPS) is 17.0. The number of rotatable bonds is 4. The molecular weight excluding hydrogens is 240 g/mol. The van der Waals surface area contributed by atoms with E-state index in [1.807, 2.05) is 0 Å². The summed E-state index contributed by atoms with van der Waals surface area (Å²) in [4.78, 5) is 18.0. The molecule has 0 bridgehead atoms. The molecule has 1 saturated heterocycles. The van der Waals surface area contributed by atoms with Crippen LogP contribution in [0.4, 0.5) is 0 Å². The molecule has 0 saturated carbocycles. The Kier molecular flexibility index (Phi) is 4.41. The van der Waals surface area contributed by atoms with Gasteiger partial charge < -0.3 is 10.1 Å². The van der Waals surface area contributed by atoms with E-state index in [1.165, 1.54) is 0 Å². The predicted octanol–water partition coefficient (Wildman–Crippen LogP) is -0.0915. The van der Waals surface area contributed by atoms with Gasteiger partial charge in [-0.2, -0.15) is 4.37 Å². The van der Waals surface area contributed by atoms with Crippen molar-refractivity contribution >= 4 is 17.4 Å². The molecular formula is C10H16N4O2S. The van der Waals surface area contributed by atoms with E-state index in [2.05, 4.69) is 19.6 Å². The van der Waals surface area contributed by atoms with Gasteiger partial charge in [0.1, 0.15) is 5.82 Å². The zero-order valence-corrected chi connectivity index (χ0v) is 10.6. The first-order valence-corrected chi connectivity index (χ1v) is 6.41. The highest BCUT2D eigenvalue weighted by Gasteiger charge is 2.12. The highest BCUT2D eigenvalue weighted by molar-refractivity contribution is 7.07. The molecule has 7 heteroatoms. The van der Waals surface area contributed by atoms with E-state index in [4.69, 9.17) is 4.74 Å². The standard InChI is InChI=1S/C10H16N4O2S/c1-8-12-10(17-13-8)9(15)11-2-3-14-4-6-16-7-5-14/h2-7H2,1H3,(H,11,15). The molecule has 2 rings (SSSR count). The van der Waals surface area contributed by atoms with Crippen LogP contribution in [0.3, 0.4) is 0 Å². The molecule has 6 nitrogen and oxygen atoms in total. The van der Waals surface area contributed by atoms with E-state index >= 15 is 0 Å². The zero-order valence-electron chi connectivity index (χ0n) is 9.81. The monoisotopic (exact) mass is 256 g/mol. The third-order valence-corrected chi connectivity index (χ3v) is 3.34. The molecule has 0 atom stereocenters. The Hall–Kier alpha value is -1.05. The van der Waals surface area contributed by atoms with Crippen molar-refractivity contribution in [3.63, 3.8) is 0 Å². The van der Waals surface area contributed by atoms with Crippen LogP contribution in [0.5, 0.6) is 0 Å². The Morgan fingerprint density at radius 2 is 2.29 bits per heavy atom. The van der Waals surface area contributed by atoms with Crippen molar-refractivity contribution in [2.75, 3.05) is 39.4 Å². The summed E-state index contributed by atoms with van der Waals surface area (Å²) in [6.07, 6.45) is 0. The SMILES string of the molecule is Cc1nsc(C(=O)NCCN2CCOCC2)n1. The van der Waals surface area contributed by atoms with Gasteiger partial charge in [-0.05, 0) is 18.5 Å². The van der Waals surface area contributed by atoms with Crippen LogP contribution in [0.1, 0.15) is 15.6 Å². The number of ether oxygens (including phenoxy) is 1. The number of carbonyl (C=O) groups excluding carboxylic acids is 1. The molecule has 94 valence electrons. The summed E-state index contributed by atoms with van der Waals surface area (Å²) in [7, 11) is 0. The second-order valence-electron chi connectivity index (χ2n) is 3.86. The van der Waals surface area contributed by atoms with Crippen LogP contribution >= 0.6 is 11.5 Å². The van der Waals surface area contributed by atoms with Crippen molar-refractivity contribution in [2.24, 2.45) is 0 Å². The number of aryl methyl sites for hydroxylation is 1. The largest absolute Gasteiger partial charge is 0.379 e. The fourth-order valence-electron chi connectivity index (χ4n) is 1.62. The fourth-order valence-corrected chi connectivity index (χ4v) is 2.20. The maximum atomic E-state index is 11.7. The molecule has 1 amide bonds. The van der Waals surface area contributed by atoms with Gasteiger partial charge in [0.2, 0.25) is 5.01 Å². The van der Waals surface area contributed by atoms with Crippen LogP contribution in [-0.2, 0) is 4.74 Å². The van der Waals surface area contributed by atoms with Crippen molar-refractivity contribution in [3.8, 4) is 0 Å². The molecule has 1 N–H and O–H groups in total. The first-order chi connectivity index (χ1) is 8.25. The van der Waals surface area contributed by atoms with E-state index in [0.717, 1.165) is 44.4 Å². The third-order valence-electron chi connectivity index (χ3n) is 2.54. The number of nitrogens with one attached hydrogen (secondary N) is 1. The van der Waals surface area contributed by atoms with E-state index < -0.39 is 0 Å². The van der Waals surface area contributed by atoms with E-state index in [-0.39, 0.29) is 5.91 Å². The minimum atomic E-state index is -0.135. The van der Waals surface area contributed by atoms with Crippen molar-refractivity contribution in [3.05, 3.63) is 10.8 Å². The Bertz CT molecular complexity index is 376. The van der Waals surface area contributed by atoms with E-state index in [0.29, 0.717) is 17.4 Å². The van der Waals surface area contributed by atoms with Gasteiger partial charge in [0.15, 0.2) is 0 Å². The summed E-state index contributed by atoms with van der Waals surface area (Å²) in [5.74, 6) is 0.511. The van der Waals surface area contributed by atoms with Crippen LogP contribution in [0, 0.1) is 6.92 Å². The number of hydrogen-bond donors (Lipinski definition) is 1. The molecule has 2 heterocycles. The molecule has 0 aromatic carbocycles. The number of carbonyl (C=O) groups is 1. The van der Waals surface area contributed by atoms with Gasteiger partial charge in [-0.25, -0.2) is 4.98 Å². The number of morpholine rings is 1. The minimum absolute atomic E-state index is 0.135. The maximum Gasteiger partial charge on any atom is 0.281 e. The van der Waals surface area contributed by atoms with Crippen LogP contribution < -0.4 is 5.32 Å². The van der Waals surface area contributed by atoms with E-state index in [1.54, 1.807) is 6.92 Å². The van der Waals surface area contributed by atoms with Crippen LogP contribution in [0.15, 0.2) is 0 Å². The van der Waals surface area contributed by atoms with Gasteiger partial charge in [-0.1, -0.05) is 0 Å². The molecule has 1 aliphatic rings. The van der Waals surface area contributed by atoms with Crippen molar-refractivity contribution < 1.29 is 9.53 Å². The molecule has 0 radical (unpaired) electrons. The third kappa shape index (κ3) is 3.72. The smallest absolute Gasteiger partial charge is 0.281 e. The summed E-state index contributed by atoms with van der Waals surface area (Å²) < 4.78 is 9.23. The summed E-state index contributed by atoms with van der Waals surface area (Å²) in [6, 6.07) is 0. The Morgan fingerprint density at radius 3 is 2.94 bits per heavy atom. The quantitative estimate of drug-likeness (QED) is 0.815. The average Bonchev–Trinajstić information content (AvgIpc) is 2.77. The molecule has 1 aromatic rings. The molecule has 1 aromatic heterocycles. The molecule has 1 aliphatic heterocycles. The van der Waals surface area contributed by atoms with Crippen LogP contribution in [0.2, 0.25) is 0 Å². The van der Waals surface area contributed by atoms with Crippen LogP contribution in [0.25, 0.3) is 0 Å². The van der Waals surface area contributed by atoms with Gasteiger partial charge in [-0.15, -0.1) is 0 Å². The number of aromatic nitrogens is 2. The van der Waals surface area contributed by atoms with Crippen molar-refractivity contribution in [2.45, 2.75) is 6.92 Å². The summed E-state index contributed by atoms with van der Waals surface area (Å²) in [6.45, 7) is 6.71. The summed E-state index contributed by atoms with van der Waals surface area (Å²) >= 11 is 1.14. The summed E-state index contributed by atoms with van der Waals surface area (Å²) in [5, 5.41) is 3.28. The van der Waals surface area contributed by atoms with Gasteiger partial charge in [0.25, 0.3) is 5.91 Å². The Labute approximate surface area is 104 Å². The maximum absolute atomic E-state index is 11.7. The van der Waals surface area contributed by atoms with Crippen molar-refractivity contribution in [1.82, 2.24) is 19.6 Å². The number of amides is 1. The lowest BCUT2D eigenvalue weighted by Crippen LogP contribution is -2.41. The van der Waals surface area contributed by atoms with E-state index in [9.17, 15) is 4.79 Å². The van der Waals surface area contributed by atoms with Gasteiger partial charge >= 0.3 is 0 Å². The van der Waals surface area contributed by atoms with Gasteiger partial charge in [0, 0.05) is 26.2 Å².